The van der Waals surface area contributed by atoms with E-state index in [9.17, 15) is 21.6 Å². The maximum Gasteiger partial charge on any atom is 0.410 e. The molecular weight excluding hydrogens is 381 g/mol. The number of sulfonamides is 1. The van der Waals surface area contributed by atoms with Gasteiger partial charge < -0.3 is 5.32 Å². The van der Waals surface area contributed by atoms with E-state index in [1.165, 1.54) is 10.4 Å². The molecular formula is C17H25F3N4O2S. The Kier molecular flexibility index (Phi) is 5.33. The average Bonchev–Trinajstić information content (AvgIpc) is 3.19. The standard InChI is InChI=1S/C17H25F3N4O2S/c1-4-7-27(25,26)23-6-5-12(10-23)14-9-16-21-13(11(2)3)8-15(17(18,19)20)24(16)22-14/h4,9,11-13,15,21H,1,5-8,10H2,2-3H3/t12?,13-,15+/m0/s1. The van der Waals surface area contributed by atoms with Crippen molar-refractivity contribution in [2.45, 2.75) is 50.9 Å². The molecule has 1 fully saturated rings. The Hall–Kier alpha value is -1.55. The van der Waals surface area contributed by atoms with Crippen molar-refractivity contribution in [2.24, 2.45) is 5.92 Å². The maximum absolute atomic E-state index is 13.6. The zero-order chi connectivity index (χ0) is 20.0. The van der Waals surface area contributed by atoms with Crippen molar-refractivity contribution in [1.29, 1.82) is 0 Å². The number of halogens is 3. The van der Waals surface area contributed by atoms with Gasteiger partial charge in [-0.1, -0.05) is 19.9 Å². The number of nitrogens with one attached hydrogen (secondary N) is 1. The minimum atomic E-state index is -4.39. The summed E-state index contributed by atoms with van der Waals surface area (Å²) in [6.45, 7) is 7.80. The van der Waals surface area contributed by atoms with Crippen molar-refractivity contribution in [1.82, 2.24) is 14.1 Å². The van der Waals surface area contributed by atoms with Crippen LogP contribution in [0.15, 0.2) is 18.7 Å². The van der Waals surface area contributed by atoms with E-state index in [-0.39, 0.29) is 36.6 Å². The lowest BCUT2D eigenvalue weighted by Crippen LogP contribution is -2.41. The number of fused-ring (bicyclic) bond motifs is 1. The first-order valence-electron chi connectivity index (χ1n) is 9.04. The van der Waals surface area contributed by atoms with Crippen LogP contribution in [0.4, 0.5) is 19.0 Å². The molecule has 3 rings (SSSR count). The fourth-order valence-corrected chi connectivity index (χ4v) is 5.03. The van der Waals surface area contributed by atoms with Gasteiger partial charge in [0.15, 0.2) is 6.04 Å². The van der Waals surface area contributed by atoms with Gasteiger partial charge in [0.05, 0.1) is 11.4 Å². The highest BCUT2D eigenvalue weighted by Gasteiger charge is 2.47. The van der Waals surface area contributed by atoms with Gasteiger partial charge in [0.25, 0.3) is 0 Å². The molecule has 0 radical (unpaired) electrons. The van der Waals surface area contributed by atoms with Crippen LogP contribution in [0, 0.1) is 5.92 Å². The molecule has 152 valence electrons. The maximum atomic E-state index is 13.6. The van der Waals surface area contributed by atoms with E-state index in [0.717, 1.165) is 4.68 Å². The van der Waals surface area contributed by atoms with Crippen molar-refractivity contribution >= 4 is 15.8 Å². The zero-order valence-electron chi connectivity index (χ0n) is 15.4. The van der Waals surface area contributed by atoms with Gasteiger partial charge in [0.1, 0.15) is 5.82 Å². The molecule has 1 aromatic heterocycles. The van der Waals surface area contributed by atoms with Crippen LogP contribution >= 0.6 is 0 Å². The third kappa shape index (κ3) is 4.01. The van der Waals surface area contributed by atoms with Gasteiger partial charge in [0.2, 0.25) is 10.0 Å². The molecule has 1 saturated heterocycles. The largest absolute Gasteiger partial charge is 0.410 e. The minimum Gasteiger partial charge on any atom is -0.367 e. The summed E-state index contributed by atoms with van der Waals surface area (Å²) in [5, 5.41) is 7.39. The number of aromatic nitrogens is 2. The van der Waals surface area contributed by atoms with Gasteiger partial charge in [-0.25, -0.2) is 17.4 Å². The van der Waals surface area contributed by atoms with Gasteiger partial charge in [-0.15, -0.1) is 6.58 Å². The van der Waals surface area contributed by atoms with Crippen LogP contribution in [0.3, 0.4) is 0 Å². The molecule has 0 aromatic carbocycles. The molecule has 0 aliphatic carbocycles. The smallest absolute Gasteiger partial charge is 0.367 e. The van der Waals surface area contributed by atoms with Crippen molar-refractivity contribution in [3.8, 4) is 0 Å². The van der Waals surface area contributed by atoms with E-state index in [2.05, 4.69) is 17.0 Å². The quantitative estimate of drug-likeness (QED) is 0.763. The number of hydrogen-bond acceptors (Lipinski definition) is 4. The molecule has 2 aliphatic heterocycles. The van der Waals surface area contributed by atoms with Crippen LogP contribution in [0.5, 0.6) is 0 Å². The molecule has 10 heteroatoms. The van der Waals surface area contributed by atoms with Gasteiger partial charge in [-0.2, -0.15) is 18.3 Å². The van der Waals surface area contributed by atoms with Gasteiger partial charge in [-0.05, 0) is 18.8 Å². The highest BCUT2D eigenvalue weighted by atomic mass is 32.2. The molecule has 6 nitrogen and oxygen atoms in total. The summed E-state index contributed by atoms with van der Waals surface area (Å²) in [4.78, 5) is 0. The second-order valence-corrected chi connectivity index (χ2v) is 9.61. The second-order valence-electron chi connectivity index (χ2n) is 7.60. The Bertz CT molecular complexity index is 804. The lowest BCUT2D eigenvalue weighted by atomic mass is 9.94. The topological polar surface area (TPSA) is 67.2 Å². The van der Waals surface area contributed by atoms with Crippen molar-refractivity contribution < 1.29 is 21.6 Å². The van der Waals surface area contributed by atoms with Gasteiger partial charge in [0, 0.05) is 31.1 Å². The number of rotatable bonds is 5. The predicted octanol–water partition coefficient (Wildman–Crippen LogP) is 3.13. The monoisotopic (exact) mass is 406 g/mol. The third-order valence-corrected chi connectivity index (χ3v) is 7.11. The fraction of sp³-hybridized carbons (Fsp3) is 0.706. The van der Waals surface area contributed by atoms with E-state index in [0.29, 0.717) is 24.5 Å². The number of nitrogens with zero attached hydrogens (tertiary/aromatic N) is 3. The van der Waals surface area contributed by atoms with Crippen LogP contribution in [-0.2, 0) is 10.0 Å². The van der Waals surface area contributed by atoms with Crippen molar-refractivity contribution in [3.05, 3.63) is 24.4 Å². The zero-order valence-corrected chi connectivity index (χ0v) is 16.2. The Morgan fingerprint density at radius 3 is 2.74 bits per heavy atom. The lowest BCUT2D eigenvalue weighted by Gasteiger charge is -2.35. The normalized spacial score (nSPS) is 26.8. The first-order chi connectivity index (χ1) is 12.5. The number of hydrogen-bond donors (Lipinski definition) is 1. The van der Waals surface area contributed by atoms with Crippen LogP contribution < -0.4 is 5.32 Å². The highest BCUT2D eigenvalue weighted by molar-refractivity contribution is 7.89. The van der Waals surface area contributed by atoms with E-state index in [4.69, 9.17) is 0 Å². The third-order valence-electron chi connectivity index (χ3n) is 5.33. The van der Waals surface area contributed by atoms with E-state index >= 15 is 0 Å². The average molecular weight is 406 g/mol. The summed E-state index contributed by atoms with van der Waals surface area (Å²) in [6.07, 6.45) is -2.58. The summed E-state index contributed by atoms with van der Waals surface area (Å²) < 4.78 is 67.4. The van der Waals surface area contributed by atoms with Crippen LogP contribution in [0.25, 0.3) is 0 Å². The summed E-state index contributed by atoms with van der Waals surface area (Å²) in [7, 11) is -3.42. The van der Waals surface area contributed by atoms with E-state index < -0.39 is 22.2 Å². The molecule has 3 atom stereocenters. The van der Waals surface area contributed by atoms with Crippen LogP contribution in [0.2, 0.25) is 0 Å². The molecule has 3 heterocycles. The Morgan fingerprint density at radius 1 is 1.44 bits per heavy atom. The number of anilines is 1. The molecule has 1 aromatic rings. The SMILES string of the molecule is C=CCS(=O)(=O)N1CCC(c2cc3n(n2)[C@@H](C(F)(F)F)C[C@@H](C(C)C)N3)C1. The summed E-state index contributed by atoms with van der Waals surface area (Å²) in [5.41, 5.74) is 0.507. The number of alkyl halides is 3. The summed E-state index contributed by atoms with van der Waals surface area (Å²) >= 11 is 0. The molecule has 0 amide bonds. The predicted molar refractivity (Wildman–Crippen MR) is 97.1 cm³/mol. The van der Waals surface area contributed by atoms with Gasteiger partial charge in [-0.3, -0.25) is 0 Å². The minimum absolute atomic E-state index is 0.0490. The molecule has 0 bridgehead atoms. The van der Waals surface area contributed by atoms with Crippen LogP contribution in [0.1, 0.15) is 44.3 Å². The van der Waals surface area contributed by atoms with Crippen molar-refractivity contribution in [2.75, 3.05) is 24.2 Å². The Balaban J connectivity index is 1.85. The molecule has 1 N–H and O–H groups in total. The van der Waals surface area contributed by atoms with Crippen molar-refractivity contribution in [3.63, 3.8) is 0 Å². The first kappa shape index (κ1) is 20.2. The molecule has 2 aliphatic rings. The molecule has 0 saturated carbocycles. The van der Waals surface area contributed by atoms with E-state index in [1.54, 1.807) is 6.07 Å². The van der Waals surface area contributed by atoms with E-state index in [1.807, 2.05) is 13.8 Å². The Labute approximate surface area is 157 Å². The fourth-order valence-electron chi connectivity index (χ4n) is 3.74. The second kappa shape index (κ2) is 7.12. The van der Waals surface area contributed by atoms with Gasteiger partial charge >= 0.3 is 6.18 Å². The summed E-state index contributed by atoms with van der Waals surface area (Å²) in [5.74, 6) is 0.0428. The first-order valence-corrected chi connectivity index (χ1v) is 10.6. The Morgan fingerprint density at radius 2 is 2.15 bits per heavy atom. The van der Waals surface area contributed by atoms with Crippen LogP contribution in [-0.4, -0.2) is 53.6 Å². The molecule has 0 spiro atoms. The molecule has 27 heavy (non-hydrogen) atoms. The highest BCUT2D eigenvalue weighted by Crippen LogP contribution is 2.42. The lowest BCUT2D eigenvalue weighted by molar-refractivity contribution is -0.174. The summed E-state index contributed by atoms with van der Waals surface area (Å²) in [6, 6.07) is -0.319. The molecule has 1 unspecified atom stereocenters.